The Bertz CT molecular complexity index is 1730. The number of hydrogen-bond donors (Lipinski definition) is 6. The van der Waals surface area contributed by atoms with Crippen molar-refractivity contribution in [2.24, 2.45) is 0 Å². The van der Waals surface area contributed by atoms with E-state index in [2.05, 4.69) is 35.6 Å². The summed E-state index contributed by atoms with van der Waals surface area (Å²) in [6.07, 6.45) is -3.00. The predicted octanol–water partition coefficient (Wildman–Crippen LogP) is 1.03. The molecule has 2 aromatic heterocycles. The van der Waals surface area contributed by atoms with Crippen molar-refractivity contribution in [1.29, 1.82) is 0 Å². The van der Waals surface area contributed by atoms with Crippen molar-refractivity contribution in [2.75, 3.05) is 29.0 Å². The summed E-state index contributed by atoms with van der Waals surface area (Å²) < 4.78 is 40.0. The SMILES string of the molecule is CCNC(=O)[C@H]1O[C@@H](n2cnc3c(NC(=O)Nc4ccc(S(=O)(=O)Nc5ccc(OC)cc5)cc4)ncnc32)[C@H](O)[C@@H]1O. The molecule has 0 saturated carbocycles. The molecular weight excluding hydrogens is 584 g/mol. The lowest BCUT2D eigenvalue weighted by atomic mass is 10.1. The van der Waals surface area contributed by atoms with Gasteiger partial charge in [0.25, 0.3) is 15.9 Å². The van der Waals surface area contributed by atoms with Gasteiger partial charge in [0.15, 0.2) is 29.3 Å². The largest absolute Gasteiger partial charge is 0.497 e. The summed E-state index contributed by atoms with van der Waals surface area (Å²) in [6, 6.07) is 11.2. The van der Waals surface area contributed by atoms with Gasteiger partial charge in [0.05, 0.1) is 18.3 Å². The Morgan fingerprint density at radius 1 is 0.977 bits per heavy atom. The average molecular weight is 613 g/mol. The lowest BCUT2D eigenvalue weighted by molar-refractivity contribution is -0.137. The molecule has 0 spiro atoms. The van der Waals surface area contributed by atoms with E-state index < -0.39 is 46.5 Å². The van der Waals surface area contributed by atoms with E-state index >= 15 is 0 Å². The van der Waals surface area contributed by atoms with Gasteiger partial charge in [-0.15, -0.1) is 0 Å². The number of benzene rings is 2. The van der Waals surface area contributed by atoms with E-state index in [1.54, 1.807) is 31.2 Å². The molecule has 1 aliphatic heterocycles. The van der Waals surface area contributed by atoms with Gasteiger partial charge in [-0.1, -0.05) is 0 Å². The molecule has 4 atom stereocenters. The highest BCUT2D eigenvalue weighted by Gasteiger charge is 2.47. The Labute approximate surface area is 245 Å². The van der Waals surface area contributed by atoms with E-state index in [4.69, 9.17) is 9.47 Å². The topological polar surface area (TPSA) is 219 Å². The molecule has 3 heterocycles. The number of nitrogens with one attached hydrogen (secondary N) is 4. The number of aliphatic hydroxyl groups excluding tert-OH is 2. The van der Waals surface area contributed by atoms with Gasteiger partial charge in [0.2, 0.25) is 0 Å². The van der Waals surface area contributed by atoms with Gasteiger partial charge < -0.3 is 30.3 Å². The Morgan fingerprint density at radius 3 is 2.35 bits per heavy atom. The van der Waals surface area contributed by atoms with Gasteiger partial charge in [-0.3, -0.25) is 19.4 Å². The van der Waals surface area contributed by atoms with Crippen molar-refractivity contribution >= 4 is 50.3 Å². The number of anilines is 3. The highest BCUT2D eigenvalue weighted by molar-refractivity contribution is 7.92. The fraction of sp³-hybridized carbons (Fsp3) is 0.269. The molecule has 0 unspecified atom stereocenters. The maximum absolute atomic E-state index is 12.7. The minimum atomic E-state index is -3.89. The minimum absolute atomic E-state index is 0.0202. The number of likely N-dealkylation sites (N-methyl/N-ethyl adjacent to an activating group) is 1. The molecule has 6 N–H and O–H groups in total. The van der Waals surface area contributed by atoms with E-state index in [1.807, 2.05) is 0 Å². The molecule has 17 heteroatoms. The molecule has 0 aliphatic carbocycles. The first-order valence-electron chi connectivity index (χ1n) is 12.9. The number of imidazole rings is 1. The van der Waals surface area contributed by atoms with Crippen LogP contribution >= 0.6 is 0 Å². The van der Waals surface area contributed by atoms with Gasteiger partial charge >= 0.3 is 6.03 Å². The van der Waals surface area contributed by atoms with Gasteiger partial charge in [0, 0.05) is 17.9 Å². The number of urea groups is 1. The summed E-state index contributed by atoms with van der Waals surface area (Å²) >= 11 is 0. The predicted molar refractivity (Wildman–Crippen MR) is 153 cm³/mol. The lowest BCUT2D eigenvalue weighted by Crippen LogP contribution is -2.42. The van der Waals surface area contributed by atoms with Crippen LogP contribution in [0.15, 0.2) is 66.1 Å². The van der Waals surface area contributed by atoms with Crippen LogP contribution in [0.4, 0.5) is 22.0 Å². The Balaban J connectivity index is 1.26. The zero-order chi connectivity index (χ0) is 30.7. The van der Waals surface area contributed by atoms with E-state index in [0.717, 1.165) is 6.33 Å². The molecule has 2 aromatic carbocycles. The quantitative estimate of drug-likeness (QED) is 0.157. The molecule has 1 aliphatic rings. The summed E-state index contributed by atoms with van der Waals surface area (Å²) in [4.78, 5) is 37.4. The first-order chi connectivity index (χ1) is 20.6. The van der Waals surface area contributed by atoms with Crippen LogP contribution in [0, 0.1) is 0 Å². The van der Waals surface area contributed by atoms with Gasteiger partial charge in [0.1, 0.15) is 24.3 Å². The number of methoxy groups -OCH3 is 1. The second-order valence-electron chi connectivity index (χ2n) is 9.31. The molecule has 3 amide bonds. The first kappa shape index (κ1) is 29.6. The Morgan fingerprint density at radius 2 is 1.67 bits per heavy atom. The van der Waals surface area contributed by atoms with Crippen LogP contribution in [0.1, 0.15) is 13.2 Å². The number of nitrogens with zero attached hydrogens (tertiary/aromatic N) is 4. The molecule has 0 bridgehead atoms. The third-order valence-corrected chi connectivity index (χ3v) is 7.87. The van der Waals surface area contributed by atoms with Crippen LogP contribution < -0.4 is 25.4 Å². The third kappa shape index (κ3) is 6.19. The van der Waals surface area contributed by atoms with Crippen LogP contribution in [-0.4, -0.2) is 82.1 Å². The zero-order valence-corrected chi connectivity index (χ0v) is 23.6. The molecule has 43 heavy (non-hydrogen) atoms. The highest BCUT2D eigenvalue weighted by atomic mass is 32.2. The number of sulfonamides is 1. The normalized spacial score (nSPS) is 20.0. The average Bonchev–Trinajstić information content (AvgIpc) is 3.55. The number of rotatable bonds is 9. The summed E-state index contributed by atoms with van der Waals surface area (Å²) in [5.41, 5.74) is 0.963. The second-order valence-corrected chi connectivity index (χ2v) is 11.0. The second kappa shape index (κ2) is 12.2. The van der Waals surface area contributed by atoms with Gasteiger partial charge in [-0.25, -0.2) is 28.2 Å². The van der Waals surface area contributed by atoms with Crippen molar-refractivity contribution in [1.82, 2.24) is 24.8 Å². The number of carbonyl (C=O) groups is 2. The number of ether oxygens (including phenoxy) is 2. The molecule has 0 radical (unpaired) electrons. The number of fused-ring (bicyclic) bond motifs is 1. The van der Waals surface area contributed by atoms with Crippen LogP contribution in [0.25, 0.3) is 11.2 Å². The van der Waals surface area contributed by atoms with Gasteiger partial charge in [-0.05, 0) is 55.5 Å². The summed E-state index contributed by atoms with van der Waals surface area (Å²) in [6.45, 7) is 2.02. The van der Waals surface area contributed by atoms with E-state index in [-0.39, 0.29) is 21.9 Å². The molecular formula is C26H28N8O8S. The van der Waals surface area contributed by atoms with Crippen LogP contribution in [0.2, 0.25) is 0 Å². The maximum Gasteiger partial charge on any atom is 0.324 e. The molecule has 1 fully saturated rings. The summed E-state index contributed by atoms with van der Waals surface area (Å²) in [7, 11) is -2.38. The fourth-order valence-corrected chi connectivity index (χ4v) is 5.43. The number of carbonyl (C=O) groups excluding carboxylic acids is 2. The van der Waals surface area contributed by atoms with Crippen LogP contribution in [0.5, 0.6) is 5.75 Å². The number of hydrogen-bond acceptors (Lipinski definition) is 11. The van der Waals surface area contributed by atoms with Crippen molar-refractivity contribution in [3.05, 3.63) is 61.2 Å². The smallest absolute Gasteiger partial charge is 0.324 e. The summed E-state index contributed by atoms with van der Waals surface area (Å²) in [5.74, 6) is 0.0341. The van der Waals surface area contributed by atoms with Crippen LogP contribution in [-0.2, 0) is 19.6 Å². The monoisotopic (exact) mass is 612 g/mol. The third-order valence-electron chi connectivity index (χ3n) is 6.48. The lowest BCUT2D eigenvalue weighted by Gasteiger charge is -2.16. The molecule has 5 rings (SSSR count). The van der Waals surface area contributed by atoms with Crippen molar-refractivity contribution in [3.63, 3.8) is 0 Å². The molecule has 1 saturated heterocycles. The van der Waals surface area contributed by atoms with Crippen molar-refractivity contribution in [2.45, 2.75) is 36.4 Å². The Kier molecular flexibility index (Phi) is 8.40. The highest BCUT2D eigenvalue weighted by Crippen LogP contribution is 2.32. The standard InChI is InChI=1S/C26H28N8O8S/c1-3-27-24(37)21-19(35)20(36)25(42-21)34-13-30-18-22(28-12-29-23(18)34)32-26(38)31-14-6-10-17(11-7-14)43(39,40)33-15-4-8-16(41-2)9-5-15/h4-13,19-21,25,33,35-36H,3H2,1-2H3,(H,27,37)(H2,28,29,31,32,38)/t19-,20+,21-,25+/m0/s1. The molecule has 4 aromatic rings. The molecule has 226 valence electrons. The number of aromatic nitrogens is 4. The zero-order valence-electron chi connectivity index (χ0n) is 22.8. The number of amides is 3. The molecule has 16 nitrogen and oxygen atoms in total. The van der Waals surface area contributed by atoms with Crippen molar-refractivity contribution in [3.8, 4) is 5.75 Å². The van der Waals surface area contributed by atoms with Crippen LogP contribution in [0.3, 0.4) is 0 Å². The van der Waals surface area contributed by atoms with E-state index in [0.29, 0.717) is 23.7 Å². The number of aliphatic hydroxyl groups is 2. The van der Waals surface area contributed by atoms with Gasteiger partial charge in [-0.2, -0.15) is 0 Å². The summed E-state index contributed by atoms with van der Waals surface area (Å²) in [5, 5.41) is 28.6. The van der Waals surface area contributed by atoms with Crippen molar-refractivity contribution < 1.29 is 37.7 Å². The Hall–Kier alpha value is -4.84. The first-order valence-corrected chi connectivity index (χ1v) is 14.4. The van der Waals surface area contributed by atoms with E-state index in [1.165, 1.54) is 42.3 Å². The minimum Gasteiger partial charge on any atom is -0.497 e. The van der Waals surface area contributed by atoms with E-state index in [9.17, 15) is 28.2 Å². The fourth-order valence-electron chi connectivity index (χ4n) is 4.37. The maximum atomic E-state index is 12.7.